The second-order valence-corrected chi connectivity index (χ2v) is 3.01. The van der Waals surface area contributed by atoms with Crippen LogP contribution in [-0.4, -0.2) is 35.9 Å². The molecule has 1 saturated heterocycles. The molecule has 1 heterocycles. The summed E-state index contributed by atoms with van der Waals surface area (Å²) in [6, 6.07) is 0. The highest BCUT2D eigenvalue weighted by Crippen LogP contribution is 2.10. The Kier molecular flexibility index (Phi) is 2.78. The second kappa shape index (κ2) is 3.65. The van der Waals surface area contributed by atoms with E-state index in [1.807, 2.05) is 0 Å². The van der Waals surface area contributed by atoms with Crippen molar-refractivity contribution in [2.45, 2.75) is 25.9 Å². The van der Waals surface area contributed by atoms with Gasteiger partial charge in [-0.1, -0.05) is 0 Å². The summed E-state index contributed by atoms with van der Waals surface area (Å²) in [5, 5.41) is 0. The number of alkyl halides is 1. The number of likely N-dealkylation sites (tertiary alicyclic amines) is 1. The fourth-order valence-electron chi connectivity index (χ4n) is 1.27. The molecule has 1 aliphatic rings. The van der Waals surface area contributed by atoms with Crippen molar-refractivity contribution in [2.24, 2.45) is 0 Å². The average Bonchev–Trinajstić information content (AvgIpc) is 2.53. The van der Waals surface area contributed by atoms with E-state index < -0.39 is 17.9 Å². The van der Waals surface area contributed by atoms with Crippen LogP contribution < -0.4 is 0 Å². The van der Waals surface area contributed by atoms with Gasteiger partial charge in [-0.05, 0) is 19.8 Å². The predicted molar refractivity (Wildman–Crippen MR) is 41.4 cm³/mol. The molecule has 1 amide bonds. The van der Waals surface area contributed by atoms with Crippen molar-refractivity contribution in [2.75, 3.05) is 13.1 Å². The molecule has 0 aromatic carbocycles. The first-order valence-electron chi connectivity index (χ1n) is 4.06. The monoisotopic (exact) mass is 173 g/mol. The first-order valence-corrected chi connectivity index (χ1v) is 4.06. The summed E-state index contributed by atoms with van der Waals surface area (Å²) in [6.45, 7) is 2.28. The summed E-state index contributed by atoms with van der Waals surface area (Å²) in [5.41, 5.74) is 0. The van der Waals surface area contributed by atoms with Crippen LogP contribution >= 0.6 is 0 Å². The molecule has 0 aliphatic carbocycles. The van der Waals surface area contributed by atoms with Gasteiger partial charge in [-0.3, -0.25) is 9.59 Å². The molecular formula is C8H12FNO2. The molecule has 3 nitrogen and oxygen atoms in total. The topological polar surface area (TPSA) is 37.4 Å². The largest absolute Gasteiger partial charge is 0.340 e. The zero-order valence-electron chi connectivity index (χ0n) is 7.05. The standard InChI is InChI=1S/C8H12FNO2/c1-6(11)7(9)8(12)10-4-2-3-5-10/h7H,2-5H2,1H3. The molecule has 1 aliphatic heterocycles. The van der Waals surface area contributed by atoms with Crippen molar-refractivity contribution in [3.63, 3.8) is 0 Å². The fraction of sp³-hybridized carbons (Fsp3) is 0.750. The third-order valence-corrected chi connectivity index (χ3v) is 1.99. The second-order valence-electron chi connectivity index (χ2n) is 3.01. The zero-order chi connectivity index (χ0) is 9.14. The molecule has 1 fully saturated rings. The number of nitrogens with zero attached hydrogens (tertiary/aromatic N) is 1. The third kappa shape index (κ3) is 1.81. The van der Waals surface area contributed by atoms with Crippen LogP contribution in [0.25, 0.3) is 0 Å². The fourth-order valence-corrected chi connectivity index (χ4v) is 1.27. The van der Waals surface area contributed by atoms with E-state index in [0.29, 0.717) is 13.1 Å². The van der Waals surface area contributed by atoms with Crippen LogP contribution in [0.4, 0.5) is 4.39 Å². The Labute approximate surface area is 70.5 Å². The van der Waals surface area contributed by atoms with Gasteiger partial charge in [0.2, 0.25) is 6.17 Å². The quantitative estimate of drug-likeness (QED) is 0.571. The summed E-state index contributed by atoms with van der Waals surface area (Å²) < 4.78 is 12.8. The maximum Gasteiger partial charge on any atom is 0.264 e. The summed E-state index contributed by atoms with van der Waals surface area (Å²) in [6.07, 6.45) is -0.115. The minimum absolute atomic E-state index is 0.590. The van der Waals surface area contributed by atoms with E-state index in [9.17, 15) is 14.0 Å². The summed E-state index contributed by atoms with van der Waals surface area (Å²) in [5.74, 6) is -1.37. The lowest BCUT2D eigenvalue weighted by Gasteiger charge is -2.15. The van der Waals surface area contributed by atoms with Gasteiger partial charge in [0.15, 0.2) is 5.78 Å². The molecule has 0 bridgehead atoms. The molecule has 0 aromatic heterocycles. The first kappa shape index (κ1) is 9.16. The van der Waals surface area contributed by atoms with Gasteiger partial charge in [-0.25, -0.2) is 4.39 Å². The van der Waals surface area contributed by atoms with Gasteiger partial charge in [0.1, 0.15) is 0 Å². The third-order valence-electron chi connectivity index (χ3n) is 1.99. The lowest BCUT2D eigenvalue weighted by molar-refractivity contribution is -0.141. The molecule has 0 radical (unpaired) electrons. The van der Waals surface area contributed by atoms with Crippen LogP contribution in [0.5, 0.6) is 0 Å². The van der Waals surface area contributed by atoms with E-state index in [1.54, 1.807) is 0 Å². The number of amides is 1. The highest BCUT2D eigenvalue weighted by atomic mass is 19.1. The van der Waals surface area contributed by atoms with Crippen molar-refractivity contribution in [1.82, 2.24) is 4.90 Å². The maximum absolute atomic E-state index is 12.8. The van der Waals surface area contributed by atoms with Crippen molar-refractivity contribution in [1.29, 1.82) is 0 Å². The Morgan fingerprint density at radius 3 is 2.25 bits per heavy atom. The SMILES string of the molecule is CC(=O)C(F)C(=O)N1CCCC1. The molecule has 0 saturated carbocycles. The summed E-state index contributed by atoms with van der Waals surface area (Å²) >= 11 is 0. The lowest BCUT2D eigenvalue weighted by Crippen LogP contribution is -2.38. The van der Waals surface area contributed by atoms with Gasteiger partial charge < -0.3 is 4.90 Å². The molecule has 0 N–H and O–H groups in total. The molecule has 0 aromatic rings. The van der Waals surface area contributed by atoms with Crippen LogP contribution in [0.3, 0.4) is 0 Å². The minimum Gasteiger partial charge on any atom is -0.340 e. The normalized spacial score (nSPS) is 19.3. The van der Waals surface area contributed by atoms with Gasteiger partial charge in [0.05, 0.1) is 0 Å². The first-order chi connectivity index (χ1) is 5.63. The molecule has 12 heavy (non-hydrogen) atoms. The highest BCUT2D eigenvalue weighted by molar-refractivity contribution is 6.03. The Morgan fingerprint density at radius 1 is 1.33 bits per heavy atom. The summed E-state index contributed by atoms with van der Waals surface area (Å²) in [4.78, 5) is 23.0. The number of hydrogen-bond donors (Lipinski definition) is 0. The van der Waals surface area contributed by atoms with Gasteiger partial charge in [-0.15, -0.1) is 0 Å². The molecule has 1 rings (SSSR count). The Hall–Kier alpha value is -0.930. The van der Waals surface area contributed by atoms with Gasteiger partial charge in [0.25, 0.3) is 5.91 Å². The number of carbonyl (C=O) groups excluding carboxylic acids is 2. The van der Waals surface area contributed by atoms with E-state index in [-0.39, 0.29) is 0 Å². The van der Waals surface area contributed by atoms with Crippen LogP contribution in [0.15, 0.2) is 0 Å². The van der Waals surface area contributed by atoms with Crippen LogP contribution in [0.1, 0.15) is 19.8 Å². The minimum atomic E-state index is -1.94. The molecule has 4 heteroatoms. The average molecular weight is 173 g/mol. The highest BCUT2D eigenvalue weighted by Gasteiger charge is 2.28. The van der Waals surface area contributed by atoms with Gasteiger partial charge >= 0.3 is 0 Å². The zero-order valence-corrected chi connectivity index (χ0v) is 7.05. The number of hydrogen-bond acceptors (Lipinski definition) is 2. The molecule has 0 spiro atoms. The number of halogens is 1. The van der Waals surface area contributed by atoms with Crippen molar-refractivity contribution >= 4 is 11.7 Å². The van der Waals surface area contributed by atoms with E-state index in [0.717, 1.165) is 19.8 Å². The number of rotatable bonds is 2. The van der Waals surface area contributed by atoms with E-state index in [4.69, 9.17) is 0 Å². The van der Waals surface area contributed by atoms with Crippen LogP contribution in [0.2, 0.25) is 0 Å². The van der Waals surface area contributed by atoms with Crippen molar-refractivity contribution < 1.29 is 14.0 Å². The van der Waals surface area contributed by atoms with E-state index in [2.05, 4.69) is 0 Å². The Balaban J connectivity index is 2.51. The predicted octanol–water partition coefficient (Wildman–Crippen LogP) is 0.536. The van der Waals surface area contributed by atoms with E-state index >= 15 is 0 Å². The number of Topliss-reactive ketones (excluding diaryl/α,β-unsaturated/α-hetero) is 1. The van der Waals surface area contributed by atoms with Crippen LogP contribution in [0, 0.1) is 0 Å². The lowest BCUT2D eigenvalue weighted by atomic mass is 10.2. The summed E-state index contributed by atoms with van der Waals surface area (Å²) in [7, 11) is 0. The van der Waals surface area contributed by atoms with Crippen molar-refractivity contribution in [3.8, 4) is 0 Å². The Morgan fingerprint density at radius 2 is 1.83 bits per heavy atom. The molecule has 1 atom stereocenters. The van der Waals surface area contributed by atoms with Gasteiger partial charge in [-0.2, -0.15) is 0 Å². The van der Waals surface area contributed by atoms with E-state index in [1.165, 1.54) is 4.90 Å². The smallest absolute Gasteiger partial charge is 0.264 e. The van der Waals surface area contributed by atoms with Crippen LogP contribution in [-0.2, 0) is 9.59 Å². The molecule has 1 unspecified atom stereocenters. The molecular weight excluding hydrogens is 161 g/mol. The maximum atomic E-state index is 12.8. The van der Waals surface area contributed by atoms with Crippen molar-refractivity contribution in [3.05, 3.63) is 0 Å². The Bertz CT molecular complexity index is 199. The number of ketones is 1. The molecule has 68 valence electrons. The number of carbonyl (C=O) groups is 2. The van der Waals surface area contributed by atoms with Gasteiger partial charge in [0, 0.05) is 13.1 Å².